The van der Waals surface area contributed by atoms with Gasteiger partial charge >= 0.3 is 0 Å². The lowest BCUT2D eigenvalue weighted by molar-refractivity contribution is 1.37. The third-order valence-electron chi connectivity index (χ3n) is 4.81. The number of anilines is 2. The molecule has 30 heavy (non-hydrogen) atoms. The molecule has 0 amide bonds. The Balaban J connectivity index is 1.30. The van der Waals surface area contributed by atoms with Crippen LogP contribution in [-0.4, -0.2) is 9.97 Å². The first kappa shape index (κ1) is 18.7. The molecule has 0 spiro atoms. The molecule has 3 aromatic carbocycles. The topological polar surface area (TPSA) is 37.8 Å². The molecule has 5 aromatic rings. The molecule has 3 nitrogen and oxygen atoms in total. The Morgan fingerprint density at radius 3 is 2.00 bits per heavy atom. The Morgan fingerprint density at radius 1 is 0.633 bits per heavy atom. The summed E-state index contributed by atoms with van der Waals surface area (Å²) >= 11 is 3.28. The van der Waals surface area contributed by atoms with E-state index in [1.807, 2.05) is 18.2 Å². The van der Waals surface area contributed by atoms with Gasteiger partial charge in [0.05, 0.1) is 11.4 Å². The van der Waals surface area contributed by atoms with Gasteiger partial charge < -0.3 is 5.32 Å². The summed E-state index contributed by atoms with van der Waals surface area (Å²) in [7, 11) is 0. The zero-order chi connectivity index (χ0) is 20.3. The molecular formula is C25H19N3S2. The molecule has 0 fully saturated rings. The molecule has 0 aliphatic heterocycles. The Kier molecular flexibility index (Phi) is 5.13. The van der Waals surface area contributed by atoms with Crippen LogP contribution in [0.1, 0.15) is 5.56 Å². The molecule has 0 bridgehead atoms. The van der Waals surface area contributed by atoms with Crippen molar-refractivity contribution in [2.45, 2.75) is 6.92 Å². The van der Waals surface area contributed by atoms with Crippen molar-refractivity contribution >= 4 is 33.5 Å². The maximum atomic E-state index is 4.80. The van der Waals surface area contributed by atoms with Crippen LogP contribution in [0.4, 0.5) is 10.8 Å². The molecule has 0 radical (unpaired) electrons. The molecule has 0 aliphatic carbocycles. The fourth-order valence-corrected chi connectivity index (χ4v) is 4.73. The van der Waals surface area contributed by atoms with Gasteiger partial charge in [-0.2, -0.15) is 0 Å². The fraction of sp³-hybridized carbons (Fsp3) is 0.0400. The van der Waals surface area contributed by atoms with Gasteiger partial charge in [0, 0.05) is 33.1 Å². The number of benzene rings is 3. The van der Waals surface area contributed by atoms with E-state index in [4.69, 9.17) is 9.97 Å². The van der Waals surface area contributed by atoms with Crippen molar-refractivity contribution in [3.8, 4) is 33.1 Å². The lowest BCUT2D eigenvalue weighted by Crippen LogP contribution is -1.90. The lowest BCUT2D eigenvalue weighted by Gasteiger charge is -2.04. The number of nitrogens with zero attached hydrogens (tertiary/aromatic N) is 2. The van der Waals surface area contributed by atoms with E-state index < -0.39 is 0 Å². The monoisotopic (exact) mass is 425 g/mol. The molecule has 5 heteroatoms. The second-order valence-corrected chi connectivity index (χ2v) is 8.73. The predicted molar refractivity (Wildman–Crippen MR) is 129 cm³/mol. The number of aryl methyl sites for hydroxylation is 1. The van der Waals surface area contributed by atoms with Gasteiger partial charge in [0.25, 0.3) is 0 Å². The van der Waals surface area contributed by atoms with Crippen molar-refractivity contribution in [2.24, 2.45) is 0 Å². The minimum atomic E-state index is 0.887. The van der Waals surface area contributed by atoms with Crippen molar-refractivity contribution in [3.05, 3.63) is 95.2 Å². The van der Waals surface area contributed by atoms with E-state index in [1.165, 1.54) is 5.56 Å². The molecule has 2 aromatic heterocycles. The minimum Gasteiger partial charge on any atom is -0.332 e. The van der Waals surface area contributed by atoms with Crippen LogP contribution in [0.25, 0.3) is 33.1 Å². The highest BCUT2D eigenvalue weighted by Gasteiger charge is 2.08. The second kappa shape index (κ2) is 8.22. The summed E-state index contributed by atoms with van der Waals surface area (Å²) in [6.45, 7) is 2.09. The minimum absolute atomic E-state index is 0.887. The Hall–Kier alpha value is -3.28. The summed E-state index contributed by atoms with van der Waals surface area (Å²) in [6, 6.07) is 27.1. The van der Waals surface area contributed by atoms with Crippen LogP contribution in [0.5, 0.6) is 0 Å². The van der Waals surface area contributed by atoms with E-state index in [1.54, 1.807) is 22.7 Å². The first-order chi connectivity index (χ1) is 14.7. The Bertz CT molecular complexity index is 1250. The Labute approximate surface area is 183 Å². The van der Waals surface area contributed by atoms with Crippen molar-refractivity contribution in [2.75, 3.05) is 5.32 Å². The Morgan fingerprint density at radius 2 is 1.27 bits per heavy atom. The zero-order valence-corrected chi connectivity index (χ0v) is 18.0. The molecule has 5 rings (SSSR count). The normalized spacial score (nSPS) is 10.8. The van der Waals surface area contributed by atoms with Crippen LogP contribution >= 0.6 is 22.7 Å². The van der Waals surface area contributed by atoms with Crippen LogP contribution < -0.4 is 5.32 Å². The van der Waals surface area contributed by atoms with E-state index in [0.29, 0.717) is 0 Å². The second-order valence-electron chi connectivity index (χ2n) is 7.01. The van der Waals surface area contributed by atoms with E-state index in [0.717, 1.165) is 43.9 Å². The number of hydrogen-bond acceptors (Lipinski definition) is 5. The summed E-state index contributed by atoms with van der Waals surface area (Å²) < 4.78 is 0. The average molecular weight is 426 g/mol. The van der Waals surface area contributed by atoms with Crippen molar-refractivity contribution < 1.29 is 0 Å². The smallest absolute Gasteiger partial charge is 0.187 e. The summed E-state index contributed by atoms with van der Waals surface area (Å²) in [5.74, 6) is 0. The number of nitrogens with one attached hydrogen (secondary N) is 1. The van der Waals surface area contributed by atoms with Crippen LogP contribution in [0, 0.1) is 6.92 Å². The van der Waals surface area contributed by atoms with Crippen LogP contribution in [0.2, 0.25) is 0 Å². The van der Waals surface area contributed by atoms with E-state index >= 15 is 0 Å². The molecule has 0 saturated carbocycles. The highest BCUT2D eigenvalue weighted by Crippen LogP contribution is 2.31. The van der Waals surface area contributed by atoms with E-state index in [-0.39, 0.29) is 0 Å². The standard InChI is InChI=1S/C25H19N3S2/c1-17-7-9-18(10-8-17)23-16-30-25(28-23)26-21-13-11-19(12-14-21)22-15-29-24(27-22)20-5-3-2-4-6-20/h2-16H,1H3,(H,26,28). The lowest BCUT2D eigenvalue weighted by atomic mass is 10.1. The van der Waals surface area contributed by atoms with Gasteiger partial charge in [-0.05, 0) is 19.1 Å². The highest BCUT2D eigenvalue weighted by atomic mass is 32.1. The third-order valence-corrected chi connectivity index (χ3v) is 6.46. The van der Waals surface area contributed by atoms with Crippen molar-refractivity contribution in [1.82, 2.24) is 9.97 Å². The van der Waals surface area contributed by atoms with Crippen LogP contribution in [0.3, 0.4) is 0 Å². The first-order valence-corrected chi connectivity index (χ1v) is 11.4. The molecule has 1 N–H and O–H groups in total. The molecule has 0 saturated heterocycles. The quantitative estimate of drug-likeness (QED) is 0.314. The molecule has 0 atom stereocenters. The highest BCUT2D eigenvalue weighted by molar-refractivity contribution is 7.14. The molecule has 146 valence electrons. The van der Waals surface area contributed by atoms with E-state index in [9.17, 15) is 0 Å². The predicted octanol–water partition coefficient (Wildman–Crippen LogP) is 7.65. The largest absolute Gasteiger partial charge is 0.332 e. The third kappa shape index (κ3) is 4.03. The molecular weight excluding hydrogens is 406 g/mol. The first-order valence-electron chi connectivity index (χ1n) is 9.65. The molecule has 0 unspecified atom stereocenters. The van der Waals surface area contributed by atoms with Gasteiger partial charge in [-0.1, -0.05) is 72.3 Å². The van der Waals surface area contributed by atoms with Gasteiger partial charge in [0.1, 0.15) is 5.01 Å². The molecule has 0 aliphatic rings. The van der Waals surface area contributed by atoms with Crippen molar-refractivity contribution in [3.63, 3.8) is 0 Å². The van der Waals surface area contributed by atoms with Crippen LogP contribution in [-0.2, 0) is 0 Å². The average Bonchev–Trinajstić information content (AvgIpc) is 3.46. The summed E-state index contributed by atoms with van der Waals surface area (Å²) in [4.78, 5) is 9.51. The fourth-order valence-electron chi connectivity index (χ4n) is 3.16. The summed E-state index contributed by atoms with van der Waals surface area (Å²) in [5.41, 5.74) is 7.67. The van der Waals surface area contributed by atoms with Crippen molar-refractivity contribution in [1.29, 1.82) is 0 Å². The number of rotatable bonds is 5. The number of thiazole rings is 2. The van der Waals surface area contributed by atoms with Crippen LogP contribution in [0.15, 0.2) is 89.6 Å². The van der Waals surface area contributed by atoms with Gasteiger partial charge in [0.15, 0.2) is 5.13 Å². The summed E-state index contributed by atoms with van der Waals surface area (Å²) in [6.07, 6.45) is 0. The number of aromatic nitrogens is 2. The molecule has 2 heterocycles. The SMILES string of the molecule is Cc1ccc(-c2csc(Nc3ccc(-c4csc(-c5ccccc5)n4)cc3)n2)cc1. The number of hydrogen-bond donors (Lipinski definition) is 1. The van der Waals surface area contributed by atoms with Gasteiger partial charge in [0.2, 0.25) is 0 Å². The van der Waals surface area contributed by atoms with Gasteiger partial charge in [-0.15, -0.1) is 22.7 Å². The zero-order valence-electron chi connectivity index (χ0n) is 16.4. The van der Waals surface area contributed by atoms with Gasteiger partial charge in [-0.25, -0.2) is 9.97 Å². The summed E-state index contributed by atoms with van der Waals surface area (Å²) in [5, 5.41) is 9.53. The maximum absolute atomic E-state index is 4.80. The maximum Gasteiger partial charge on any atom is 0.187 e. The van der Waals surface area contributed by atoms with Gasteiger partial charge in [-0.3, -0.25) is 0 Å². The van der Waals surface area contributed by atoms with E-state index in [2.05, 4.69) is 83.7 Å².